The highest BCUT2D eigenvalue weighted by Gasteiger charge is 2.59. The molecule has 31 heavy (non-hydrogen) atoms. The van der Waals surface area contributed by atoms with E-state index in [1.54, 1.807) is 5.57 Å². The molecule has 1 nitrogen and oxygen atoms in total. The van der Waals surface area contributed by atoms with Gasteiger partial charge in [-0.1, -0.05) is 72.5 Å². The lowest BCUT2D eigenvalue weighted by Crippen LogP contribution is -2.50. The Morgan fingerprint density at radius 2 is 1.71 bits per heavy atom. The molecule has 0 aromatic carbocycles. The lowest BCUT2D eigenvalue weighted by atomic mass is 9.47. The molecule has 1 heteroatoms. The zero-order chi connectivity index (χ0) is 22.4. The van der Waals surface area contributed by atoms with Gasteiger partial charge in [0.1, 0.15) is 0 Å². The molecule has 4 rings (SSSR count). The second-order valence-electron chi connectivity index (χ2n) is 13.0. The van der Waals surface area contributed by atoms with Crippen LogP contribution in [0.5, 0.6) is 0 Å². The predicted molar refractivity (Wildman–Crippen MR) is 133 cm³/mol. The number of hydrogen-bond donors (Lipinski definition) is 1. The molecule has 0 aromatic rings. The van der Waals surface area contributed by atoms with Crippen molar-refractivity contribution in [2.45, 2.75) is 131 Å². The van der Waals surface area contributed by atoms with Gasteiger partial charge < -0.3 is 5.11 Å². The van der Waals surface area contributed by atoms with Crippen molar-refractivity contribution in [1.82, 2.24) is 0 Å². The molecule has 0 bridgehead atoms. The molecular weight excluding hydrogens is 376 g/mol. The first kappa shape index (κ1) is 23.8. The summed E-state index contributed by atoms with van der Waals surface area (Å²) in [6.07, 6.45) is 19.8. The van der Waals surface area contributed by atoms with Gasteiger partial charge >= 0.3 is 0 Å². The molecule has 8 atom stereocenters. The highest BCUT2D eigenvalue weighted by Crippen LogP contribution is 2.67. The van der Waals surface area contributed by atoms with E-state index in [0.717, 1.165) is 42.4 Å². The largest absolute Gasteiger partial charge is 0.393 e. The van der Waals surface area contributed by atoms with Crippen molar-refractivity contribution in [3.63, 3.8) is 0 Å². The van der Waals surface area contributed by atoms with Crippen molar-refractivity contribution in [3.8, 4) is 0 Å². The fourth-order valence-electron chi connectivity index (χ4n) is 9.63. The Labute approximate surface area is 193 Å². The minimum absolute atomic E-state index is 0.0806. The summed E-state index contributed by atoms with van der Waals surface area (Å²) in [7, 11) is 0. The standard InChI is InChI=1S/C30H52O/c1-7-30(8-2,9-3)19-14-21(4)25-12-13-26-24-11-10-22-20-23(31)15-17-28(22,5)27(24)16-18-29(25,26)6/h10,21,23-27,31H,7-9,11-20H2,1-6H3/t21-,23+,24+,25-,26+,27+,28+,29-/m1/s1. The molecule has 4 aliphatic rings. The predicted octanol–water partition coefficient (Wildman–Crippen LogP) is 8.56. The van der Waals surface area contributed by atoms with E-state index < -0.39 is 0 Å². The van der Waals surface area contributed by atoms with Crippen molar-refractivity contribution >= 4 is 0 Å². The van der Waals surface area contributed by atoms with Gasteiger partial charge in [-0.05, 0) is 110 Å². The minimum Gasteiger partial charge on any atom is -0.393 e. The Morgan fingerprint density at radius 3 is 2.39 bits per heavy atom. The maximum atomic E-state index is 10.3. The third-order valence-corrected chi connectivity index (χ3v) is 12.2. The number of allylic oxidation sites excluding steroid dienone is 1. The SMILES string of the molecule is CCC(CC)(CC)CC[C@@H](C)[C@H]1CC[C@H]2[C@@H]3CC=C4C[C@@H](O)CC[C@]4(C)[C@H]3CC[C@]12C. The van der Waals surface area contributed by atoms with Crippen molar-refractivity contribution in [1.29, 1.82) is 0 Å². The van der Waals surface area contributed by atoms with Gasteiger partial charge in [-0.25, -0.2) is 0 Å². The van der Waals surface area contributed by atoms with E-state index in [2.05, 4.69) is 47.6 Å². The number of rotatable bonds is 7. The van der Waals surface area contributed by atoms with Crippen molar-refractivity contribution < 1.29 is 5.11 Å². The van der Waals surface area contributed by atoms with E-state index in [-0.39, 0.29) is 6.10 Å². The third-order valence-electron chi connectivity index (χ3n) is 12.2. The fraction of sp³-hybridized carbons (Fsp3) is 0.933. The fourth-order valence-corrected chi connectivity index (χ4v) is 9.63. The smallest absolute Gasteiger partial charge is 0.0577 e. The number of hydrogen-bond acceptors (Lipinski definition) is 1. The van der Waals surface area contributed by atoms with Gasteiger partial charge in [0, 0.05) is 0 Å². The van der Waals surface area contributed by atoms with Gasteiger partial charge in [0.15, 0.2) is 0 Å². The summed E-state index contributed by atoms with van der Waals surface area (Å²) in [5.41, 5.74) is 3.17. The van der Waals surface area contributed by atoms with Gasteiger partial charge in [-0.2, -0.15) is 0 Å². The molecular formula is C30H52O. The number of aliphatic hydroxyl groups excluding tert-OH is 1. The Hall–Kier alpha value is -0.300. The Balaban J connectivity index is 1.48. The zero-order valence-corrected chi connectivity index (χ0v) is 21.7. The zero-order valence-electron chi connectivity index (χ0n) is 21.7. The molecule has 0 saturated heterocycles. The summed E-state index contributed by atoms with van der Waals surface area (Å²) >= 11 is 0. The van der Waals surface area contributed by atoms with E-state index in [9.17, 15) is 5.11 Å². The number of fused-ring (bicyclic) bond motifs is 5. The molecule has 0 radical (unpaired) electrons. The minimum atomic E-state index is -0.0806. The molecule has 0 heterocycles. The van der Waals surface area contributed by atoms with Crippen LogP contribution in [0.1, 0.15) is 125 Å². The van der Waals surface area contributed by atoms with Gasteiger partial charge in [-0.3, -0.25) is 0 Å². The van der Waals surface area contributed by atoms with E-state index in [4.69, 9.17) is 0 Å². The molecule has 3 fully saturated rings. The summed E-state index contributed by atoms with van der Waals surface area (Å²) in [4.78, 5) is 0. The topological polar surface area (TPSA) is 20.2 Å². The highest BCUT2D eigenvalue weighted by molar-refractivity contribution is 5.25. The molecule has 3 saturated carbocycles. The van der Waals surface area contributed by atoms with Gasteiger partial charge in [0.25, 0.3) is 0 Å². The van der Waals surface area contributed by atoms with Gasteiger partial charge in [-0.15, -0.1) is 0 Å². The molecule has 0 unspecified atom stereocenters. The lowest BCUT2D eigenvalue weighted by molar-refractivity contribution is -0.0578. The van der Waals surface area contributed by atoms with Crippen LogP contribution in [0.25, 0.3) is 0 Å². The molecule has 4 aliphatic carbocycles. The van der Waals surface area contributed by atoms with Crippen LogP contribution >= 0.6 is 0 Å². The maximum Gasteiger partial charge on any atom is 0.0577 e. The molecule has 0 amide bonds. The Morgan fingerprint density at radius 1 is 1.00 bits per heavy atom. The van der Waals surface area contributed by atoms with Crippen molar-refractivity contribution in [2.24, 2.45) is 45.8 Å². The summed E-state index contributed by atoms with van der Waals surface area (Å²) in [6, 6.07) is 0. The van der Waals surface area contributed by atoms with Crippen LogP contribution in [-0.2, 0) is 0 Å². The summed E-state index contributed by atoms with van der Waals surface area (Å²) in [5.74, 6) is 4.54. The normalized spacial score (nSPS) is 43.6. The van der Waals surface area contributed by atoms with Gasteiger partial charge in [0.05, 0.1) is 6.10 Å². The van der Waals surface area contributed by atoms with E-state index >= 15 is 0 Å². The molecule has 178 valence electrons. The molecule has 0 spiro atoms. The summed E-state index contributed by atoms with van der Waals surface area (Å²) in [6.45, 7) is 15.1. The molecule has 1 N–H and O–H groups in total. The first-order valence-corrected chi connectivity index (χ1v) is 14.1. The van der Waals surface area contributed by atoms with Crippen LogP contribution in [0.3, 0.4) is 0 Å². The van der Waals surface area contributed by atoms with Crippen LogP contribution in [-0.4, -0.2) is 11.2 Å². The quantitative estimate of drug-likeness (QED) is 0.403. The van der Waals surface area contributed by atoms with Crippen LogP contribution in [0, 0.1) is 45.8 Å². The maximum absolute atomic E-state index is 10.3. The van der Waals surface area contributed by atoms with E-state index in [1.807, 2.05) is 0 Å². The Bertz CT molecular complexity index is 651. The van der Waals surface area contributed by atoms with Crippen molar-refractivity contribution in [3.05, 3.63) is 11.6 Å². The van der Waals surface area contributed by atoms with Crippen LogP contribution in [0.2, 0.25) is 0 Å². The first-order chi connectivity index (χ1) is 14.7. The number of aliphatic hydroxyl groups is 1. The molecule has 0 aliphatic heterocycles. The third kappa shape index (κ3) is 3.87. The molecule has 0 aromatic heterocycles. The lowest BCUT2D eigenvalue weighted by Gasteiger charge is -2.58. The average Bonchev–Trinajstić information content (AvgIpc) is 3.13. The Kier molecular flexibility index (Phi) is 6.78. The average molecular weight is 429 g/mol. The second-order valence-corrected chi connectivity index (χ2v) is 13.0. The second kappa shape index (κ2) is 8.81. The van der Waals surface area contributed by atoms with Crippen molar-refractivity contribution in [2.75, 3.05) is 0 Å². The highest BCUT2D eigenvalue weighted by atomic mass is 16.3. The van der Waals surface area contributed by atoms with E-state index in [1.165, 1.54) is 70.6 Å². The first-order valence-electron chi connectivity index (χ1n) is 14.1. The summed E-state index contributed by atoms with van der Waals surface area (Å²) < 4.78 is 0. The van der Waals surface area contributed by atoms with E-state index in [0.29, 0.717) is 16.2 Å². The van der Waals surface area contributed by atoms with Crippen LogP contribution in [0.15, 0.2) is 11.6 Å². The monoisotopic (exact) mass is 428 g/mol. The summed E-state index contributed by atoms with van der Waals surface area (Å²) in [5, 5.41) is 10.3. The van der Waals surface area contributed by atoms with Gasteiger partial charge in [0.2, 0.25) is 0 Å². The van der Waals surface area contributed by atoms with Crippen LogP contribution < -0.4 is 0 Å². The van der Waals surface area contributed by atoms with Crippen LogP contribution in [0.4, 0.5) is 0 Å².